The zero-order chi connectivity index (χ0) is 25.1. The summed E-state index contributed by atoms with van der Waals surface area (Å²) in [5.74, 6) is 0. The first kappa shape index (κ1) is 21.8. The Kier molecular flexibility index (Phi) is 4.97. The summed E-state index contributed by atoms with van der Waals surface area (Å²) < 4.78 is 2.73. The standard InChI is InChI=1S/C36H22S2/c1-3-7-23(8-4-1)25-11-15-27(16-12-25)35-29-19-21-32-34-30(20-22-31(37-35)33(29)34)36(38-32)28-17-13-26(14-18-28)24-9-5-2-6-10-24/h1-22H. The third-order valence-electron chi connectivity index (χ3n) is 7.51. The summed E-state index contributed by atoms with van der Waals surface area (Å²) >= 11 is 3.82. The van der Waals surface area contributed by atoms with Crippen molar-refractivity contribution in [1.29, 1.82) is 0 Å². The lowest BCUT2D eigenvalue weighted by Crippen LogP contribution is -1.79. The van der Waals surface area contributed by atoms with Crippen LogP contribution < -0.4 is 0 Å². The first-order valence-electron chi connectivity index (χ1n) is 12.9. The molecular formula is C36H22S2. The zero-order valence-corrected chi connectivity index (χ0v) is 22.2. The van der Waals surface area contributed by atoms with Gasteiger partial charge in [-0.1, -0.05) is 121 Å². The highest BCUT2D eigenvalue weighted by atomic mass is 32.1. The van der Waals surface area contributed by atoms with Gasteiger partial charge in [-0.15, -0.1) is 22.7 Å². The lowest BCUT2D eigenvalue weighted by atomic mass is 9.98. The van der Waals surface area contributed by atoms with Crippen LogP contribution in [0.3, 0.4) is 0 Å². The van der Waals surface area contributed by atoms with E-state index in [-0.39, 0.29) is 0 Å². The largest absolute Gasteiger partial charge is 0.135 e. The summed E-state index contributed by atoms with van der Waals surface area (Å²) in [6.45, 7) is 0. The van der Waals surface area contributed by atoms with Crippen LogP contribution in [0, 0.1) is 0 Å². The predicted molar refractivity (Wildman–Crippen MR) is 168 cm³/mol. The molecule has 0 spiro atoms. The van der Waals surface area contributed by atoms with E-state index in [4.69, 9.17) is 0 Å². The molecule has 0 N–H and O–H groups in total. The molecule has 6 aromatic carbocycles. The van der Waals surface area contributed by atoms with Crippen molar-refractivity contribution in [2.24, 2.45) is 0 Å². The molecule has 0 fully saturated rings. The minimum atomic E-state index is 1.25. The van der Waals surface area contributed by atoms with E-state index in [1.165, 1.54) is 74.1 Å². The van der Waals surface area contributed by atoms with Crippen molar-refractivity contribution in [2.45, 2.75) is 0 Å². The minimum absolute atomic E-state index is 1.25. The normalized spacial score (nSPS) is 11.7. The van der Waals surface area contributed by atoms with Crippen LogP contribution in [0.2, 0.25) is 0 Å². The highest BCUT2D eigenvalue weighted by Crippen LogP contribution is 2.50. The Bertz CT molecular complexity index is 1870. The van der Waals surface area contributed by atoms with Crippen LogP contribution in [0.1, 0.15) is 0 Å². The molecule has 8 rings (SSSR count). The van der Waals surface area contributed by atoms with Crippen LogP contribution in [-0.2, 0) is 0 Å². The van der Waals surface area contributed by atoms with E-state index in [0.29, 0.717) is 0 Å². The van der Waals surface area contributed by atoms with Gasteiger partial charge < -0.3 is 0 Å². The molecule has 0 saturated heterocycles. The van der Waals surface area contributed by atoms with Crippen LogP contribution in [0.4, 0.5) is 0 Å². The maximum atomic E-state index is 2.33. The summed E-state index contributed by atoms with van der Waals surface area (Å²) in [5, 5.41) is 5.55. The summed E-state index contributed by atoms with van der Waals surface area (Å²) in [7, 11) is 0. The molecule has 0 aliphatic rings. The molecule has 2 heteroatoms. The SMILES string of the molecule is c1ccc(-c2ccc(-c3sc4ccc5c(-c6ccc(-c7ccccc7)cc6)sc6ccc3c4c65)cc2)cc1. The second-order valence-electron chi connectivity index (χ2n) is 9.72. The van der Waals surface area contributed by atoms with Crippen LogP contribution in [0.15, 0.2) is 133 Å². The monoisotopic (exact) mass is 518 g/mol. The quantitative estimate of drug-likeness (QED) is 0.217. The number of hydrogen-bond donors (Lipinski definition) is 0. The van der Waals surface area contributed by atoms with E-state index < -0.39 is 0 Å². The van der Waals surface area contributed by atoms with Crippen LogP contribution >= 0.6 is 22.7 Å². The van der Waals surface area contributed by atoms with Gasteiger partial charge in [-0.2, -0.15) is 0 Å². The Hall–Kier alpha value is -4.24. The van der Waals surface area contributed by atoms with Gasteiger partial charge in [-0.25, -0.2) is 0 Å². The Morgan fingerprint density at radius 3 is 1.03 bits per heavy atom. The molecule has 2 aromatic heterocycles. The molecule has 0 bridgehead atoms. The summed E-state index contributed by atoms with van der Waals surface area (Å²) in [4.78, 5) is 2.71. The Labute approximate surface area is 229 Å². The Morgan fingerprint density at radius 2 is 0.632 bits per heavy atom. The average molecular weight is 519 g/mol. The summed E-state index contributed by atoms with van der Waals surface area (Å²) in [5.41, 5.74) is 7.59. The molecule has 0 unspecified atom stereocenters. The molecule has 0 radical (unpaired) electrons. The van der Waals surface area contributed by atoms with Crippen molar-refractivity contribution >= 4 is 53.6 Å². The molecule has 0 amide bonds. The summed E-state index contributed by atoms with van der Waals surface area (Å²) in [6.07, 6.45) is 0. The highest BCUT2D eigenvalue weighted by molar-refractivity contribution is 7.25. The average Bonchev–Trinajstić information content (AvgIpc) is 3.56. The molecule has 0 nitrogen and oxygen atoms in total. The first-order chi connectivity index (χ1) is 18.8. The molecule has 0 saturated carbocycles. The number of thiophene rings is 2. The molecule has 0 aliphatic heterocycles. The van der Waals surface area contributed by atoms with E-state index in [9.17, 15) is 0 Å². The van der Waals surface area contributed by atoms with Gasteiger partial charge in [0.2, 0.25) is 0 Å². The molecule has 2 heterocycles. The molecule has 0 atom stereocenters. The van der Waals surface area contributed by atoms with Crippen LogP contribution in [0.25, 0.3) is 74.1 Å². The van der Waals surface area contributed by atoms with Gasteiger partial charge in [0.15, 0.2) is 0 Å². The predicted octanol–water partition coefficient (Wildman–Crippen LogP) is 11.4. The highest BCUT2D eigenvalue weighted by Gasteiger charge is 2.19. The lowest BCUT2D eigenvalue weighted by Gasteiger charge is -2.05. The number of rotatable bonds is 4. The molecular weight excluding hydrogens is 497 g/mol. The van der Waals surface area contributed by atoms with Gasteiger partial charge >= 0.3 is 0 Å². The molecule has 8 aromatic rings. The smallest absolute Gasteiger partial charge is 0.0428 e. The maximum absolute atomic E-state index is 2.33. The Morgan fingerprint density at radius 1 is 0.289 bits per heavy atom. The summed E-state index contributed by atoms with van der Waals surface area (Å²) in [6, 6.07) is 48.6. The fraction of sp³-hybridized carbons (Fsp3) is 0. The fourth-order valence-corrected chi connectivity index (χ4v) is 8.04. The Balaban J connectivity index is 1.23. The second-order valence-corrected chi connectivity index (χ2v) is 11.8. The second kappa shape index (κ2) is 8.66. The van der Waals surface area contributed by atoms with Gasteiger partial charge in [-0.05, 0) is 45.5 Å². The lowest BCUT2D eigenvalue weighted by molar-refractivity contribution is 1.62. The van der Waals surface area contributed by atoms with Gasteiger partial charge in [0.25, 0.3) is 0 Å². The molecule has 0 aliphatic carbocycles. The topological polar surface area (TPSA) is 0 Å². The van der Waals surface area contributed by atoms with Crippen LogP contribution in [-0.4, -0.2) is 0 Å². The van der Waals surface area contributed by atoms with E-state index in [0.717, 1.165) is 0 Å². The number of benzene rings is 6. The maximum Gasteiger partial charge on any atom is 0.0428 e. The van der Waals surface area contributed by atoms with E-state index in [1.54, 1.807) is 0 Å². The molecule has 178 valence electrons. The number of hydrogen-bond acceptors (Lipinski definition) is 2. The van der Waals surface area contributed by atoms with Crippen molar-refractivity contribution in [1.82, 2.24) is 0 Å². The van der Waals surface area contributed by atoms with E-state index >= 15 is 0 Å². The van der Waals surface area contributed by atoms with E-state index in [2.05, 4.69) is 133 Å². The zero-order valence-electron chi connectivity index (χ0n) is 20.5. The third kappa shape index (κ3) is 3.42. The fourth-order valence-electron chi connectivity index (χ4n) is 5.63. The van der Waals surface area contributed by atoms with E-state index in [1.807, 2.05) is 22.7 Å². The van der Waals surface area contributed by atoms with Crippen molar-refractivity contribution in [2.75, 3.05) is 0 Å². The van der Waals surface area contributed by atoms with Gasteiger partial charge in [0.1, 0.15) is 0 Å². The van der Waals surface area contributed by atoms with Crippen LogP contribution in [0.5, 0.6) is 0 Å². The van der Waals surface area contributed by atoms with Crippen molar-refractivity contribution < 1.29 is 0 Å². The van der Waals surface area contributed by atoms with Crippen molar-refractivity contribution in [3.63, 3.8) is 0 Å². The van der Waals surface area contributed by atoms with Gasteiger partial charge in [-0.3, -0.25) is 0 Å². The minimum Gasteiger partial charge on any atom is -0.135 e. The van der Waals surface area contributed by atoms with Crippen molar-refractivity contribution in [3.8, 4) is 43.1 Å². The first-order valence-corrected chi connectivity index (χ1v) is 14.5. The molecule has 38 heavy (non-hydrogen) atoms. The third-order valence-corrected chi connectivity index (χ3v) is 9.95. The van der Waals surface area contributed by atoms with Crippen molar-refractivity contribution in [3.05, 3.63) is 133 Å². The van der Waals surface area contributed by atoms with Gasteiger partial charge in [0.05, 0.1) is 0 Å². The van der Waals surface area contributed by atoms with Gasteiger partial charge in [0, 0.05) is 40.7 Å².